The van der Waals surface area contributed by atoms with Gasteiger partial charge in [0.15, 0.2) is 0 Å². The summed E-state index contributed by atoms with van der Waals surface area (Å²) in [6.45, 7) is 0.770. The first-order valence-corrected chi connectivity index (χ1v) is 8.38. The molecule has 0 bridgehead atoms. The van der Waals surface area contributed by atoms with Gasteiger partial charge in [0.05, 0.1) is 0 Å². The summed E-state index contributed by atoms with van der Waals surface area (Å²) in [6, 6.07) is 11.0. The lowest BCUT2D eigenvalue weighted by Gasteiger charge is -2.37. The minimum atomic E-state index is 0.238. The molecule has 3 rings (SSSR count). The van der Waals surface area contributed by atoms with Crippen molar-refractivity contribution >= 4 is 27.3 Å². The first-order valence-electron chi connectivity index (χ1n) is 6.71. The SMILES string of the molecule is NCC1(Cc2sccc2Br)CCc2ccccc2C1. The highest BCUT2D eigenvalue weighted by Crippen LogP contribution is 2.40. The fourth-order valence-corrected chi connectivity index (χ4v) is 4.72. The van der Waals surface area contributed by atoms with Crippen molar-refractivity contribution < 1.29 is 0 Å². The van der Waals surface area contributed by atoms with Gasteiger partial charge in [-0.3, -0.25) is 0 Å². The molecule has 1 heterocycles. The molecule has 1 aliphatic carbocycles. The number of rotatable bonds is 3. The largest absolute Gasteiger partial charge is 0.330 e. The van der Waals surface area contributed by atoms with E-state index in [1.165, 1.54) is 26.9 Å². The summed E-state index contributed by atoms with van der Waals surface area (Å²) in [5.74, 6) is 0. The topological polar surface area (TPSA) is 26.0 Å². The number of hydrogen-bond acceptors (Lipinski definition) is 2. The Kier molecular flexibility index (Phi) is 3.79. The first kappa shape index (κ1) is 13.3. The van der Waals surface area contributed by atoms with Crippen LogP contribution in [0, 0.1) is 5.41 Å². The van der Waals surface area contributed by atoms with Crippen LogP contribution in [0.5, 0.6) is 0 Å². The smallest absolute Gasteiger partial charge is 0.0314 e. The zero-order valence-electron chi connectivity index (χ0n) is 10.9. The molecule has 0 aliphatic heterocycles. The maximum atomic E-state index is 6.15. The Hall–Kier alpha value is -0.640. The third kappa shape index (κ3) is 2.64. The molecule has 19 heavy (non-hydrogen) atoms. The summed E-state index contributed by atoms with van der Waals surface area (Å²) in [4.78, 5) is 1.44. The van der Waals surface area contributed by atoms with Gasteiger partial charge in [0.2, 0.25) is 0 Å². The van der Waals surface area contributed by atoms with Crippen molar-refractivity contribution in [2.75, 3.05) is 6.54 Å². The molecule has 2 aromatic rings. The highest BCUT2D eigenvalue weighted by Gasteiger charge is 2.34. The Labute approximate surface area is 127 Å². The standard InChI is InChI=1S/C16H18BrNS/c17-14-6-8-19-15(14)10-16(11-18)7-5-12-3-1-2-4-13(12)9-16/h1-4,6,8H,5,7,9-11,18H2. The van der Waals surface area contributed by atoms with Gasteiger partial charge in [-0.25, -0.2) is 0 Å². The van der Waals surface area contributed by atoms with Crippen molar-refractivity contribution in [2.24, 2.45) is 11.1 Å². The van der Waals surface area contributed by atoms with Gasteiger partial charge in [-0.2, -0.15) is 0 Å². The number of halogens is 1. The fraction of sp³-hybridized carbons (Fsp3) is 0.375. The molecule has 0 radical (unpaired) electrons. The fourth-order valence-electron chi connectivity index (χ4n) is 3.06. The highest BCUT2D eigenvalue weighted by molar-refractivity contribution is 9.10. The number of fused-ring (bicyclic) bond motifs is 1. The Bertz CT molecular complexity index is 578. The van der Waals surface area contributed by atoms with Crippen molar-refractivity contribution in [1.29, 1.82) is 0 Å². The molecule has 1 aliphatic rings. The van der Waals surface area contributed by atoms with Crippen molar-refractivity contribution in [2.45, 2.75) is 25.7 Å². The van der Waals surface area contributed by atoms with E-state index in [0.717, 1.165) is 25.8 Å². The second-order valence-electron chi connectivity index (χ2n) is 5.52. The van der Waals surface area contributed by atoms with Gasteiger partial charge < -0.3 is 5.73 Å². The van der Waals surface area contributed by atoms with E-state index in [1.54, 1.807) is 0 Å². The molecule has 0 amide bonds. The predicted octanol–water partition coefficient (Wildman–Crippen LogP) is 4.19. The van der Waals surface area contributed by atoms with Gasteiger partial charge in [0, 0.05) is 9.35 Å². The van der Waals surface area contributed by atoms with E-state index in [2.05, 4.69) is 51.6 Å². The van der Waals surface area contributed by atoms with Gasteiger partial charge >= 0.3 is 0 Å². The van der Waals surface area contributed by atoms with E-state index in [9.17, 15) is 0 Å². The van der Waals surface area contributed by atoms with E-state index in [0.29, 0.717) is 0 Å². The zero-order chi connectivity index (χ0) is 13.3. The molecule has 1 aromatic carbocycles. The van der Waals surface area contributed by atoms with Crippen molar-refractivity contribution in [3.05, 3.63) is 56.2 Å². The number of aryl methyl sites for hydroxylation is 1. The second kappa shape index (κ2) is 5.39. The summed E-state index contributed by atoms with van der Waals surface area (Å²) in [6.07, 6.45) is 4.57. The maximum Gasteiger partial charge on any atom is 0.0314 e. The van der Waals surface area contributed by atoms with Crippen LogP contribution >= 0.6 is 27.3 Å². The van der Waals surface area contributed by atoms with Crippen LogP contribution < -0.4 is 5.73 Å². The second-order valence-corrected chi connectivity index (χ2v) is 7.37. The number of benzene rings is 1. The van der Waals surface area contributed by atoms with Crippen LogP contribution in [-0.4, -0.2) is 6.54 Å². The zero-order valence-corrected chi connectivity index (χ0v) is 13.3. The maximum absolute atomic E-state index is 6.15. The third-order valence-electron chi connectivity index (χ3n) is 4.27. The average molecular weight is 336 g/mol. The highest BCUT2D eigenvalue weighted by atomic mass is 79.9. The Morgan fingerprint density at radius 1 is 1.21 bits per heavy atom. The first-order chi connectivity index (χ1) is 9.22. The summed E-state index contributed by atoms with van der Waals surface area (Å²) in [7, 11) is 0. The lowest BCUT2D eigenvalue weighted by atomic mass is 9.69. The molecule has 0 spiro atoms. The average Bonchev–Trinajstić information content (AvgIpc) is 2.84. The normalized spacial score (nSPS) is 22.2. The Morgan fingerprint density at radius 2 is 2.00 bits per heavy atom. The van der Waals surface area contributed by atoms with Crippen LogP contribution in [0.1, 0.15) is 22.4 Å². The van der Waals surface area contributed by atoms with Crippen LogP contribution in [-0.2, 0) is 19.3 Å². The monoisotopic (exact) mass is 335 g/mol. The lowest BCUT2D eigenvalue weighted by molar-refractivity contribution is 0.255. The third-order valence-corrected chi connectivity index (χ3v) is 6.19. The van der Waals surface area contributed by atoms with Crippen LogP contribution in [0.25, 0.3) is 0 Å². The molecule has 1 aromatic heterocycles. The van der Waals surface area contributed by atoms with Crippen molar-refractivity contribution in [1.82, 2.24) is 0 Å². The van der Waals surface area contributed by atoms with Crippen LogP contribution in [0.15, 0.2) is 40.2 Å². The number of nitrogens with two attached hydrogens (primary N) is 1. The summed E-state index contributed by atoms with van der Waals surface area (Å²) < 4.78 is 1.24. The van der Waals surface area contributed by atoms with E-state index in [1.807, 2.05) is 11.3 Å². The van der Waals surface area contributed by atoms with Gasteiger partial charge in [0.1, 0.15) is 0 Å². The molecule has 100 valence electrons. The van der Waals surface area contributed by atoms with Crippen molar-refractivity contribution in [3.63, 3.8) is 0 Å². The van der Waals surface area contributed by atoms with E-state index < -0.39 is 0 Å². The molecule has 3 heteroatoms. The van der Waals surface area contributed by atoms with E-state index in [-0.39, 0.29) is 5.41 Å². The summed E-state index contributed by atoms with van der Waals surface area (Å²) >= 11 is 5.48. The van der Waals surface area contributed by atoms with Gasteiger partial charge in [-0.05, 0) is 76.1 Å². The molecule has 0 fully saturated rings. The van der Waals surface area contributed by atoms with Gasteiger partial charge in [-0.15, -0.1) is 11.3 Å². The van der Waals surface area contributed by atoms with Gasteiger partial charge in [0.25, 0.3) is 0 Å². The van der Waals surface area contributed by atoms with Gasteiger partial charge in [-0.1, -0.05) is 24.3 Å². The quantitative estimate of drug-likeness (QED) is 0.894. The number of thiophene rings is 1. The van der Waals surface area contributed by atoms with Crippen LogP contribution in [0.2, 0.25) is 0 Å². The molecule has 2 N–H and O–H groups in total. The minimum Gasteiger partial charge on any atom is -0.330 e. The Balaban J connectivity index is 1.88. The van der Waals surface area contributed by atoms with Crippen molar-refractivity contribution in [3.8, 4) is 0 Å². The molecule has 1 nitrogen and oxygen atoms in total. The van der Waals surface area contributed by atoms with Crippen LogP contribution in [0.4, 0.5) is 0 Å². The molecular weight excluding hydrogens is 318 g/mol. The molecule has 0 saturated heterocycles. The van der Waals surface area contributed by atoms with E-state index in [4.69, 9.17) is 5.73 Å². The summed E-state index contributed by atoms with van der Waals surface area (Å²) in [5, 5.41) is 2.15. The van der Waals surface area contributed by atoms with Crippen LogP contribution in [0.3, 0.4) is 0 Å². The molecular formula is C16H18BrNS. The Morgan fingerprint density at radius 3 is 2.68 bits per heavy atom. The molecule has 1 atom stereocenters. The predicted molar refractivity (Wildman–Crippen MR) is 85.7 cm³/mol. The summed E-state index contributed by atoms with van der Waals surface area (Å²) in [5.41, 5.74) is 9.39. The molecule has 1 unspecified atom stereocenters. The minimum absolute atomic E-state index is 0.238. The number of hydrogen-bond donors (Lipinski definition) is 1. The molecule has 0 saturated carbocycles. The lowest BCUT2D eigenvalue weighted by Crippen LogP contribution is -2.38. The van der Waals surface area contributed by atoms with E-state index >= 15 is 0 Å².